The van der Waals surface area contributed by atoms with Crippen LogP contribution in [-0.4, -0.2) is 16.8 Å². The van der Waals surface area contributed by atoms with Crippen LogP contribution in [0.3, 0.4) is 0 Å². The van der Waals surface area contributed by atoms with Gasteiger partial charge in [-0.1, -0.05) is 143 Å². The first-order chi connectivity index (χ1) is 22.9. The lowest BCUT2D eigenvalue weighted by molar-refractivity contribution is -0.437. The number of rotatable bonds is 8. The van der Waals surface area contributed by atoms with Crippen molar-refractivity contribution in [2.45, 2.75) is 76.5 Å². The van der Waals surface area contributed by atoms with Gasteiger partial charge in [-0.05, 0) is 59.7 Å². The number of nitrogens with zero attached hydrogens (tertiary/aromatic N) is 1. The zero-order chi connectivity index (χ0) is 32.0. The normalized spacial score (nSPS) is 21.3. The Balaban J connectivity index is 1.23. The van der Waals surface area contributed by atoms with E-state index in [1.165, 1.54) is 99.5 Å². The van der Waals surface area contributed by atoms with E-state index in [0.29, 0.717) is 0 Å². The average Bonchev–Trinajstić information content (AvgIpc) is 3.76. The van der Waals surface area contributed by atoms with Crippen molar-refractivity contribution in [1.82, 2.24) is 0 Å². The Hall–Kier alpha value is -4.43. The van der Waals surface area contributed by atoms with Gasteiger partial charge in [0, 0.05) is 34.6 Å². The summed E-state index contributed by atoms with van der Waals surface area (Å²) in [5, 5.41) is 9.12. The SMILES string of the molecule is CC1(Cc2ccccc2)C(/C=C/C=C2/Nc3c(ccc4ccccc34)C2(C)C)=[N+](CCCC2CCCC2)c2c1ccc1ccccc21. The van der Waals surface area contributed by atoms with Crippen LogP contribution in [0.2, 0.25) is 0 Å². The highest BCUT2D eigenvalue weighted by molar-refractivity contribution is 6.08. The lowest BCUT2D eigenvalue weighted by atomic mass is 9.74. The molecule has 2 nitrogen and oxygen atoms in total. The van der Waals surface area contributed by atoms with Crippen LogP contribution in [0.5, 0.6) is 0 Å². The molecule has 2 aliphatic heterocycles. The van der Waals surface area contributed by atoms with Crippen molar-refractivity contribution in [3.63, 3.8) is 0 Å². The number of fused-ring (bicyclic) bond motifs is 6. The average molecular weight is 616 g/mol. The van der Waals surface area contributed by atoms with Crippen molar-refractivity contribution in [1.29, 1.82) is 0 Å². The van der Waals surface area contributed by atoms with Gasteiger partial charge >= 0.3 is 0 Å². The molecule has 2 heteroatoms. The summed E-state index contributed by atoms with van der Waals surface area (Å²) in [5.74, 6) is 0.900. The topological polar surface area (TPSA) is 15.0 Å². The molecule has 1 fully saturated rings. The molecule has 5 aromatic rings. The summed E-state index contributed by atoms with van der Waals surface area (Å²) in [6.07, 6.45) is 16.3. The molecule has 8 rings (SSSR count). The molecule has 0 aromatic heterocycles. The van der Waals surface area contributed by atoms with Crippen molar-refractivity contribution >= 4 is 38.6 Å². The van der Waals surface area contributed by atoms with E-state index in [9.17, 15) is 0 Å². The molecule has 0 bridgehead atoms. The van der Waals surface area contributed by atoms with Crippen LogP contribution in [-0.2, 0) is 17.3 Å². The molecule has 0 radical (unpaired) electrons. The third-order valence-electron chi connectivity index (χ3n) is 11.5. The van der Waals surface area contributed by atoms with Gasteiger partial charge < -0.3 is 5.32 Å². The first kappa shape index (κ1) is 29.9. The Labute approximate surface area is 280 Å². The summed E-state index contributed by atoms with van der Waals surface area (Å²) in [6.45, 7) is 8.23. The Morgan fingerprint density at radius 3 is 2.17 bits per heavy atom. The largest absolute Gasteiger partial charge is 0.357 e. The van der Waals surface area contributed by atoms with Crippen molar-refractivity contribution in [3.8, 4) is 0 Å². The summed E-state index contributed by atoms with van der Waals surface area (Å²) < 4.78 is 2.71. The van der Waals surface area contributed by atoms with Gasteiger partial charge in [-0.25, -0.2) is 0 Å². The van der Waals surface area contributed by atoms with Crippen LogP contribution >= 0.6 is 0 Å². The van der Waals surface area contributed by atoms with E-state index >= 15 is 0 Å². The first-order valence-corrected chi connectivity index (χ1v) is 17.8. The summed E-state index contributed by atoms with van der Waals surface area (Å²) in [6, 6.07) is 38.1. The Bertz CT molecular complexity index is 2050. The molecule has 3 aliphatic rings. The number of nitrogens with one attached hydrogen (secondary N) is 1. The first-order valence-electron chi connectivity index (χ1n) is 17.8. The van der Waals surface area contributed by atoms with Gasteiger partial charge in [-0.2, -0.15) is 4.58 Å². The van der Waals surface area contributed by atoms with E-state index in [-0.39, 0.29) is 10.8 Å². The van der Waals surface area contributed by atoms with E-state index in [1.54, 1.807) is 0 Å². The Kier molecular flexibility index (Phi) is 7.63. The maximum Gasteiger partial charge on any atom is 0.217 e. The standard InChI is InChI=1S/C45H46N2/c1-44(2)38-28-26-34-20-9-11-22-36(34)42(38)46-40(44)24-13-25-41-45(3,31-33-17-5-4-6-18-33)39-29-27-35-21-10-12-23-37(35)43(39)47(41)30-14-19-32-15-7-8-16-32/h4-6,9-13,17-18,20-29,32H,7-8,14-16,19,30-31H2,1-3H3/p+1. The minimum atomic E-state index is -0.152. The van der Waals surface area contributed by atoms with Gasteiger partial charge in [-0.3, -0.25) is 0 Å². The second-order valence-corrected chi connectivity index (χ2v) is 14.9. The second kappa shape index (κ2) is 12.0. The Morgan fingerprint density at radius 1 is 0.745 bits per heavy atom. The highest BCUT2D eigenvalue weighted by atomic mass is 15.1. The fourth-order valence-electron chi connectivity index (χ4n) is 8.93. The van der Waals surface area contributed by atoms with E-state index in [1.807, 2.05) is 0 Å². The third kappa shape index (κ3) is 5.23. The van der Waals surface area contributed by atoms with Gasteiger partial charge in [0.05, 0.1) is 16.5 Å². The van der Waals surface area contributed by atoms with Gasteiger partial charge in [0.1, 0.15) is 6.54 Å². The fourth-order valence-corrected chi connectivity index (χ4v) is 8.93. The molecule has 0 saturated heterocycles. The molecule has 1 unspecified atom stereocenters. The van der Waals surface area contributed by atoms with Crippen molar-refractivity contribution in [2.75, 3.05) is 11.9 Å². The van der Waals surface area contributed by atoms with Crippen LogP contribution in [0.1, 0.15) is 76.0 Å². The van der Waals surface area contributed by atoms with Gasteiger partial charge in [0.15, 0.2) is 5.71 Å². The zero-order valence-electron chi connectivity index (χ0n) is 28.2. The van der Waals surface area contributed by atoms with E-state index < -0.39 is 0 Å². The zero-order valence-corrected chi connectivity index (χ0v) is 28.2. The van der Waals surface area contributed by atoms with E-state index in [0.717, 1.165) is 18.9 Å². The molecular formula is C45H47N2+. The molecule has 1 aliphatic carbocycles. The van der Waals surface area contributed by atoms with Gasteiger partial charge in [0.2, 0.25) is 5.69 Å². The summed E-state index contributed by atoms with van der Waals surface area (Å²) in [5.41, 5.74) is 9.28. The van der Waals surface area contributed by atoms with Crippen LogP contribution in [0.25, 0.3) is 21.5 Å². The maximum atomic E-state index is 3.86. The monoisotopic (exact) mass is 615 g/mol. The van der Waals surface area contributed by atoms with E-state index in [2.05, 4.69) is 152 Å². The molecule has 1 N–H and O–H groups in total. The lowest BCUT2D eigenvalue weighted by Gasteiger charge is -2.23. The highest BCUT2D eigenvalue weighted by Crippen LogP contribution is 2.48. The van der Waals surface area contributed by atoms with Gasteiger partial charge in [-0.15, -0.1) is 0 Å². The molecule has 2 heterocycles. The number of allylic oxidation sites excluding steroid dienone is 4. The van der Waals surface area contributed by atoms with Crippen LogP contribution in [0, 0.1) is 5.92 Å². The van der Waals surface area contributed by atoms with Crippen molar-refractivity contribution in [2.24, 2.45) is 5.92 Å². The number of benzene rings is 5. The fraction of sp³-hybridized carbons (Fsp3) is 0.311. The molecule has 1 atom stereocenters. The van der Waals surface area contributed by atoms with Gasteiger partial charge in [0.25, 0.3) is 0 Å². The molecule has 47 heavy (non-hydrogen) atoms. The molecule has 5 aromatic carbocycles. The summed E-state index contributed by atoms with van der Waals surface area (Å²) in [7, 11) is 0. The summed E-state index contributed by atoms with van der Waals surface area (Å²) >= 11 is 0. The number of anilines is 1. The second-order valence-electron chi connectivity index (χ2n) is 14.9. The Morgan fingerprint density at radius 2 is 1.40 bits per heavy atom. The minimum absolute atomic E-state index is 0.0997. The predicted octanol–water partition coefficient (Wildman–Crippen LogP) is 11.4. The van der Waals surface area contributed by atoms with Crippen LogP contribution in [0.4, 0.5) is 11.4 Å². The van der Waals surface area contributed by atoms with Crippen LogP contribution in [0.15, 0.2) is 127 Å². The van der Waals surface area contributed by atoms with E-state index in [4.69, 9.17) is 0 Å². The predicted molar refractivity (Wildman–Crippen MR) is 200 cm³/mol. The molecule has 0 amide bonds. The number of hydrogen-bond acceptors (Lipinski definition) is 1. The molecular weight excluding hydrogens is 569 g/mol. The quantitative estimate of drug-likeness (QED) is 0.172. The van der Waals surface area contributed by atoms with Crippen molar-refractivity contribution < 1.29 is 4.58 Å². The molecule has 236 valence electrons. The third-order valence-corrected chi connectivity index (χ3v) is 11.5. The van der Waals surface area contributed by atoms with Crippen molar-refractivity contribution in [3.05, 3.63) is 144 Å². The highest BCUT2D eigenvalue weighted by Gasteiger charge is 2.48. The molecule has 0 spiro atoms. The lowest BCUT2D eigenvalue weighted by Crippen LogP contribution is -2.33. The van der Waals surface area contributed by atoms with Crippen LogP contribution < -0.4 is 5.32 Å². The molecule has 1 saturated carbocycles. The summed E-state index contributed by atoms with van der Waals surface area (Å²) in [4.78, 5) is 0. The number of hydrogen-bond donors (Lipinski definition) is 1. The minimum Gasteiger partial charge on any atom is -0.357 e. The smallest absolute Gasteiger partial charge is 0.217 e. The maximum absolute atomic E-state index is 3.86.